The number of hydrogen-bond donors (Lipinski definition) is 0. The average molecular weight is 256 g/mol. The van der Waals surface area contributed by atoms with E-state index in [1.165, 1.54) is 6.33 Å². The first-order chi connectivity index (χ1) is 9.29. The van der Waals surface area contributed by atoms with E-state index < -0.39 is 0 Å². The van der Waals surface area contributed by atoms with Crippen molar-refractivity contribution in [3.8, 4) is 0 Å². The third-order valence-corrected chi connectivity index (χ3v) is 2.94. The second-order valence-electron chi connectivity index (χ2n) is 4.06. The smallest absolute Gasteiger partial charge is 0.174 e. The van der Waals surface area contributed by atoms with Gasteiger partial charge >= 0.3 is 0 Å². The zero-order valence-corrected chi connectivity index (χ0v) is 10.4. The van der Waals surface area contributed by atoms with Gasteiger partial charge in [0.05, 0.1) is 29.9 Å². The van der Waals surface area contributed by atoms with Gasteiger partial charge < -0.3 is 0 Å². The topological polar surface area (TPSA) is 78.0 Å². The van der Waals surface area contributed by atoms with Crippen molar-refractivity contribution in [3.63, 3.8) is 0 Å². The fourth-order valence-electron chi connectivity index (χ4n) is 1.98. The van der Waals surface area contributed by atoms with Crippen molar-refractivity contribution >= 4 is 11.3 Å². The Kier molecular flexibility index (Phi) is 2.79. The van der Waals surface area contributed by atoms with Gasteiger partial charge in [0.15, 0.2) is 5.78 Å². The predicted octanol–water partition coefficient (Wildman–Crippen LogP) is 0.766. The largest absolute Gasteiger partial charge is 0.294 e. The van der Waals surface area contributed by atoms with Crippen LogP contribution in [-0.2, 0) is 13.0 Å². The number of aryl methyl sites for hydroxylation is 1. The van der Waals surface area contributed by atoms with Crippen molar-refractivity contribution in [1.82, 2.24) is 29.4 Å². The SMILES string of the molecule is CCn1ncnc1CC(=O)c1cnn2ccncc12. The van der Waals surface area contributed by atoms with Crippen LogP contribution in [0.2, 0.25) is 0 Å². The summed E-state index contributed by atoms with van der Waals surface area (Å²) < 4.78 is 3.34. The first kappa shape index (κ1) is 11.5. The Morgan fingerprint density at radius 2 is 2.21 bits per heavy atom. The molecule has 0 aliphatic carbocycles. The van der Waals surface area contributed by atoms with Crippen LogP contribution in [0.1, 0.15) is 23.1 Å². The molecule has 0 unspecified atom stereocenters. The number of aromatic nitrogens is 6. The maximum atomic E-state index is 12.3. The Bertz CT molecular complexity index is 728. The van der Waals surface area contributed by atoms with Crippen molar-refractivity contribution in [3.05, 3.63) is 42.5 Å². The fourth-order valence-corrected chi connectivity index (χ4v) is 1.98. The second kappa shape index (κ2) is 4.60. The molecule has 0 aliphatic heterocycles. The Balaban J connectivity index is 1.92. The molecule has 3 aromatic heterocycles. The molecule has 0 N–H and O–H groups in total. The number of hydrogen-bond acceptors (Lipinski definition) is 5. The molecule has 0 radical (unpaired) electrons. The summed E-state index contributed by atoms with van der Waals surface area (Å²) in [5, 5.41) is 8.18. The number of carbonyl (C=O) groups excluding carboxylic acids is 1. The lowest BCUT2D eigenvalue weighted by molar-refractivity contribution is 0.0991. The van der Waals surface area contributed by atoms with E-state index in [2.05, 4.69) is 20.2 Å². The lowest BCUT2D eigenvalue weighted by Crippen LogP contribution is -2.10. The summed E-state index contributed by atoms with van der Waals surface area (Å²) in [6.07, 6.45) is 8.20. The predicted molar refractivity (Wildman–Crippen MR) is 66.7 cm³/mol. The van der Waals surface area contributed by atoms with E-state index in [9.17, 15) is 4.79 Å². The molecule has 3 heterocycles. The first-order valence-electron chi connectivity index (χ1n) is 5.97. The standard InChI is InChI=1S/C12H12N6O/c1-2-17-12(14-8-16-17)5-11(19)9-6-15-18-4-3-13-7-10(9)18/h3-4,6-8H,2,5H2,1H3. The quantitative estimate of drug-likeness (QED) is 0.644. The highest BCUT2D eigenvalue weighted by Gasteiger charge is 2.16. The number of fused-ring (bicyclic) bond motifs is 1. The normalized spacial score (nSPS) is 11.0. The van der Waals surface area contributed by atoms with Crippen molar-refractivity contribution in [2.45, 2.75) is 19.9 Å². The maximum absolute atomic E-state index is 12.3. The van der Waals surface area contributed by atoms with Crippen molar-refractivity contribution in [2.24, 2.45) is 0 Å². The van der Waals surface area contributed by atoms with Crippen LogP contribution >= 0.6 is 0 Å². The van der Waals surface area contributed by atoms with Gasteiger partial charge in [-0.1, -0.05) is 0 Å². The summed E-state index contributed by atoms with van der Waals surface area (Å²) in [6.45, 7) is 2.65. The van der Waals surface area contributed by atoms with Crippen molar-refractivity contribution in [1.29, 1.82) is 0 Å². The molecule has 0 bridgehead atoms. The number of ketones is 1. The van der Waals surface area contributed by atoms with Gasteiger partial charge in [-0.2, -0.15) is 10.2 Å². The van der Waals surface area contributed by atoms with Crippen LogP contribution < -0.4 is 0 Å². The summed E-state index contributed by atoms with van der Waals surface area (Å²) in [4.78, 5) is 20.4. The highest BCUT2D eigenvalue weighted by atomic mass is 16.1. The van der Waals surface area contributed by atoms with E-state index in [1.54, 1.807) is 34.0 Å². The third-order valence-electron chi connectivity index (χ3n) is 2.94. The van der Waals surface area contributed by atoms with Gasteiger partial charge in [-0.25, -0.2) is 14.2 Å². The molecular formula is C12H12N6O. The molecule has 0 atom stereocenters. The summed E-state index contributed by atoms with van der Waals surface area (Å²) in [6, 6.07) is 0. The highest BCUT2D eigenvalue weighted by Crippen LogP contribution is 2.11. The molecule has 0 aliphatic rings. The van der Waals surface area contributed by atoms with Crippen LogP contribution in [0.25, 0.3) is 5.52 Å². The van der Waals surface area contributed by atoms with Crippen LogP contribution in [0.4, 0.5) is 0 Å². The van der Waals surface area contributed by atoms with Crippen molar-refractivity contribution < 1.29 is 4.79 Å². The molecule has 7 nitrogen and oxygen atoms in total. The summed E-state index contributed by atoms with van der Waals surface area (Å²) in [5.41, 5.74) is 1.26. The Morgan fingerprint density at radius 1 is 1.32 bits per heavy atom. The molecule has 3 aromatic rings. The van der Waals surface area contributed by atoms with Gasteiger partial charge in [0.2, 0.25) is 0 Å². The molecule has 0 amide bonds. The second-order valence-corrected chi connectivity index (χ2v) is 4.06. The van der Waals surface area contributed by atoms with E-state index in [1.807, 2.05) is 6.92 Å². The minimum Gasteiger partial charge on any atom is -0.294 e. The van der Waals surface area contributed by atoms with E-state index >= 15 is 0 Å². The summed E-state index contributed by atoms with van der Waals surface area (Å²) >= 11 is 0. The lowest BCUT2D eigenvalue weighted by atomic mass is 10.1. The first-order valence-corrected chi connectivity index (χ1v) is 5.97. The molecule has 0 fully saturated rings. The van der Waals surface area contributed by atoms with Gasteiger partial charge in [0, 0.05) is 18.9 Å². The van der Waals surface area contributed by atoms with Crippen LogP contribution in [0.15, 0.2) is 31.1 Å². The van der Waals surface area contributed by atoms with E-state index in [-0.39, 0.29) is 12.2 Å². The number of rotatable bonds is 4. The van der Waals surface area contributed by atoms with Gasteiger partial charge in [0.25, 0.3) is 0 Å². The van der Waals surface area contributed by atoms with Gasteiger partial charge in [-0.05, 0) is 6.92 Å². The van der Waals surface area contributed by atoms with Crippen LogP contribution in [0.3, 0.4) is 0 Å². The zero-order valence-electron chi connectivity index (χ0n) is 10.4. The minimum atomic E-state index is -0.0364. The molecule has 0 aromatic carbocycles. The average Bonchev–Trinajstić information content (AvgIpc) is 3.04. The highest BCUT2D eigenvalue weighted by molar-refractivity contribution is 6.02. The van der Waals surface area contributed by atoms with Crippen LogP contribution in [-0.4, -0.2) is 35.1 Å². The Hall–Kier alpha value is -2.57. The van der Waals surface area contributed by atoms with Gasteiger partial charge in [0.1, 0.15) is 12.2 Å². The molecule has 0 saturated heterocycles. The van der Waals surface area contributed by atoms with Gasteiger partial charge in [-0.15, -0.1) is 0 Å². The summed E-state index contributed by atoms with van der Waals surface area (Å²) in [7, 11) is 0. The van der Waals surface area contributed by atoms with E-state index in [0.717, 1.165) is 0 Å². The number of nitrogens with zero attached hydrogens (tertiary/aromatic N) is 6. The molecule has 7 heteroatoms. The number of carbonyl (C=O) groups is 1. The molecule has 0 saturated carbocycles. The van der Waals surface area contributed by atoms with Crippen molar-refractivity contribution in [2.75, 3.05) is 0 Å². The lowest BCUT2D eigenvalue weighted by Gasteiger charge is -2.01. The molecule has 19 heavy (non-hydrogen) atoms. The molecule has 96 valence electrons. The number of Topliss-reactive ketones (excluding diaryl/α,β-unsaturated/α-hetero) is 1. The fraction of sp³-hybridized carbons (Fsp3) is 0.250. The van der Waals surface area contributed by atoms with E-state index in [4.69, 9.17) is 0 Å². The van der Waals surface area contributed by atoms with Crippen LogP contribution in [0.5, 0.6) is 0 Å². The van der Waals surface area contributed by atoms with Gasteiger partial charge in [-0.3, -0.25) is 9.78 Å². The Morgan fingerprint density at radius 3 is 3.05 bits per heavy atom. The van der Waals surface area contributed by atoms with E-state index in [0.29, 0.717) is 23.4 Å². The van der Waals surface area contributed by atoms with Crippen LogP contribution in [0, 0.1) is 0 Å². The molecular weight excluding hydrogens is 244 g/mol. The third kappa shape index (κ3) is 1.99. The molecule has 0 spiro atoms. The maximum Gasteiger partial charge on any atom is 0.174 e. The summed E-state index contributed by atoms with van der Waals surface area (Å²) in [5.74, 6) is 0.626. The Labute approximate surface area is 108 Å². The molecule has 3 rings (SSSR count). The zero-order chi connectivity index (χ0) is 13.2. The minimum absolute atomic E-state index is 0.0364. The monoisotopic (exact) mass is 256 g/mol.